The van der Waals surface area contributed by atoms with Gasteiger partial charge in [-0.1, -0.05) is 0 Å². The highest BCUT2D eigenvalue weighted by molar-refractivity contribution is 6.24. The fourth-order valence-electron chi connectivity index (χ4n) is 0.586. The van der Waals surface area contributed by atoms with Crippen molar-refractivity contribution < 1.29 is 14.3 Å². The summed E-state index contributed by atoms with van der Waals surface area (Å²) in [7, 11) is 1.62. The molecule has 0 aromatic heterocycles. The van der Waals surface area contributed by atoms with Gasteiger partial charge < -0.3 is 10.1 Å². The largest absolute Gasteiger partial charge is 0.444 e. The molecule has 0 saturated carbocycles. The Bertz CT molecular complexity index is 210. The third-order valence-corrected chi connectivity index (χ3v) is 1.34. The molecule has 0 radical (unpaired) electrons. The van der Waals surface area contributed by atoms with Crippen LogP contribution in [0.4, 0.5) is 4.79 Å². The highest BCUT2D eigenvalue weighted by atomic mass is 16.6. The van der Waals surface area contributed by atoms with Crippen LogP contribution in [0.5, 0.6) is 0 Å². The van der Waals surface area contributed by atoms with Crippen molar-refractivity contribution in [3.05, 3.63) is 0 Å². The Morgan fingerprint density at radius 2 is 1.85 bits per heavy atom. The maximum absolute atomic E-state index is 11.1. The Hall–Kier alpha value is -0.995. The van der Waals surface area contributed by atoms with Gasteiger partial charge in [0.25, 0.3) is 0 Å². The number of rotatable bonds is 2. The van der Waals surface area contributed by atoms with E-state index in [1.807, 2.05) is 0 Å². The van der Waals surface area contributed by atoms with E-state index in [1.165, 1.54) is 6.92 Å². The van der Waals surface area contributed by atoms with Crippen LogP contribution in [0.2, 0.25) is 0 Å². The Kier molecular flexibility index (Phi) is 3.97. The van der Waals surface area contributed by atoms with E-state index < -0.39 is 17.6 Å². The van der Waals surface area contributed by atoms with Crippen molar-refractivity contribution in [3.63, 3.8) is 0 Å². The van der Waals surface area contributed by atoms with Crippen molar-refractivity contribution in [1.29, 1.82) is 0 Å². The molecular weight excluding hydrogens is 169 g/mol. The molecule has 4 nitrogen and oxygen atoms in total. The smallest absolute Gasteiger partial charge is 0.407 e. The average molecular weight is 185 g/mol. The van der Waals surface area contributed by atoms with Gasteiger partial charge in [-0.3, -0.25) is 4.79 Å². The van der Waals surface area contributed by atoms with Crippen molar-refractivity contribution in [2.24, 2.45) is 0 Å². The maximum Gasteiger partial charge on any atom is 0.407 e. The Balaban J connectivity index is 3.96. The third-order valence-electron chi connectivity index (χ3n) is 1.34. The minimum absolute atomic E-state index is 0.0918. The van der Waals surface area contributed by atoms with Gasteiger partial charge in [0.05, 0.1) is 5.94 Å². The third kappa shape index (κ3) is 6.19. The highest BCUT2D eigenvalue weighted by Crippen LogP contribution is 2.06. The summed E-state index contributed by atoms with van der Waals surface area (Å²) in [6.07, 6.45) is -0.560. The molecule has 1 amide bonds. The summed E-state index contributed by atoms with van der Waals surface area (Å²) in [6.45, 7) is 6.73. The van der Waals surface area contributed by atoms with Crippen LogP contribution in [0.1, 0.15) is 27.7 Å². The number of carbonyl (C=O) groups is 2. The van der Waals surface area contributed by atoms with Gasteiger partial charge in [0.1, 0.15) is 19.2 Å². The second-order valence-corrected chi connectivity index (χ2v) is 3.98. The van der Waals surface area contributed by atoms with E-state index >= 15 is 0 Å². The minimum atomic E-state index is -0.560. The van der Waals surface area contributed by atoms with Crippen molar-refractivity contribution in [2.75, 3.05) is 0 Å². The van der Waals surface area contributed by atoms with Gasteiger partial charge in [-0.25, -0.2) is 4.79 Å². The number of alkyl carbamates (subject to hydrolysis) is 1. The number of carbonyl (C=O) groups excluding carboxylic acids is 2. The number of Topliss-reactive ketones (excluding diaryl/α,β-unsaturated/α-hetero) is 1. The molecule has 0 fully saturated rings. The predicted molar refractivity (Wildman–Crippen MR) is 52.4 cm³/mol. The van der Waals surface area contributed by atoms with Crippen LogP contribution in [-0.2, 0) is 9.53 Å². The van der Waals surface area contributed by atoms with E-state index in [0.717, 1.165) is 0 Å². The number of amides is 1. The Morgan fingerprint density at radius 1 is 1.38 bits per heavy atom. The number of ketones is 1. The molecule has 5 heteroatoms. The van der Waals surface area contributed by atoms with Gasteiger partial charge in [0.2, 0.25) is 0 Å². The second-order valence-electron chi connectivity index (χ2n) is 3.98. The summed E-state index contributed by atoms with van der Waals surface area (Å²) < 4.78 is 4.96. The van der Waals surface area contributed by atoms with Crippen LogP contribution < -0.4 is 5.32 Å². The van der Waals surface area contributed by atoms with E-state index in [2.05, 4.69) is 5.32 Å². The molecular formula is C8H16BNO3. The zero-order chi connectivity index (χ0) is 10.6. The normalized spacial score (nSPS) is 13.2. The molecule has 0 heterocycles. The minimum Gasteiger partial charge on any atom is -0.444 e. The van der Waals surface area contributed by atoms with Crippen molar-refractivity contribution in [2.45, 2.75) is 39.2 Å². The standard InChI is InChI=1S/C8H16BNO3/c1-5(11)6(9)10-7(12)13-8(2,3)4/h6H,9H2,1-4H3,(H,10,12)/t6-/m1/s1. The zero-order valence-electron chi connectivity index (χ0n) is 8.80. The Morgan fingerprint density at radius 3 is 2.15 bits per heavy atom. The lowest BCUT2D eigenvalue weighted by molar-refractivity contribution is -0.117. The molecule has 0 spiro atoms. The molecule has 0 rings (SSSR count). The number of hydrogen-bond donors (Lipinski definition) is 1. The predicted octanol–water partition coefficient (Wildman–Crippen LogP) is 0.0593. The van der Waals surface area contributed by atoms with E-state index in [-0.39, 0.29) is 5.78 Å². The molecule has 0 aliphatic rings. The topological polar surface area (TPSA) is 55.4 Å². The highest BCUT2D eigenvalue weighted by Gasteiger charge is 2.18. The molecule has 0 aliphatic carbocycles. The van der Waals surface area contributed by atoms with E-state index in [1.54, 1.807) is 28.6 Å². The van der Waals surface area contributed by atoms with E-state index in [0.29, 0.717) is 0 Å². The first kappa shape index (κ1) is 12.0. The number of hydrogen-bond acceptors (Lipinski definition) is 3. The summed E-state index contributed by atoms with van der Waals surface area (Å²) in [5.41, 5.74) is -0.527. The van der Waals surface area contributed by atoms with E-state index in [4.69, 9.17) is 4.74 Å². The lowest BCUT2D eigenvalue weighted by Gasteiger charge is -2.21. The van der Waals surface area contributed by atoms with Crippen molar-refractivity contribution in [3.8, 4) is 0 Å². The molecule has 0 bridgehead atoms. The van der Waals surface area contributed by atoms with Crippen LogP contribution in [0.3, 0.4) is 0 Å². The van der Waals surface area contributed by atoms with Gasteiger partial charge in [-0.05, 0) is 27.7 Å². The lowest BCUT2D eigenvalue weighted by atomic mass is 9.93. The lowest BCUT2D eigenvalue weighted by Crippen LogP contribution is -2.42. The summed E-state index contributed by atoms with van der Waals surface area (Å²) in [6, 6.07) is 0. The first-order chi connectivity index (χ1) is 5.72. The molecule has 13 heavy (non-hydrogen) atoms. The molecule has 0 unspecified atom stereocenters. The SMILES string of the molecule is B[C@H](NC(=O)OC(C)(C)C)C(C)=O. The van der Waals surface area contributed by atoms with Crippen LogP contribution in [0.25, 0.3) is 0 Å². The van der Waals surface area contributed by atoms with Gasteiger partial charge >= 0.3 is 6.09 Å². The quantitative estimate of drug-likeness (QED) is 0.618. The average Bonchev–Trinajstić information content (AvgIpc) is 1.81. The van der Waals surface area contributed by atoms with Gasteiger partial charge in [0, 0.05) is 0 Å². The summed E-state index contributed by atoms with van der Waals surface area (Å²) >= 11 is 0. The summed E-state index contributed by atoms with van der Waals surface area (Å²) in [4.78, 5) is 21.9. The van der Waals surface area contributed by atoms with Crippen molar-refractivity contribution >= 4 is 19.7 Å². The molecule has 1 atom stereocenters. The monoisotopic (exact) mass is 185 g/mol. The van der Waals surface area contributed by atoms with Crippen LogP contribution in [-0.4, -0.2) is 31.3 Å². The van der Waals surface area contributed by atoms with E-state index in [9.17, 15) is 9.59 Å². The summed E-state index contributed by atoms with van der Waals surface area (Å²) in [5.74, 6) is -0.583. The molecule has 0 aliphatic heterocycles. The first-order valence-corrected chi connectivity index (χ1v) is 4.22. The van der Waals surface area contributed by atoms with Gasteiger partial charge in [-0.2, -0.15) is 0 Å². The molecule has 0 aromatic rings. The van der Waals surface area contributed by atoms with Gasteiger partial charge in [-0.15, -0.1) is 0 Å². The molecule has 1 N–H and O–H groups in total. The fourth-order valence-corrected chi connectivity index (χ4v) is 0.586. The van der Waals surface area contributed by atoms with Crippen LogP contribution in [0.15, 0.2) is 0 Å². The summed E-state index contributed by atoms with van der Waals surface area (Å²) in [5, 5.41) is 2.43. The van der Waals surface area contributed by atoms with Crippen LogP contribution in [0, 0.1) is 0 Å². The van der Waals surface area contributed by atoms with Gasteiger partial charge in [0.15, 0.2) is 0 Å². The van der Waals surface area contributed by atoms with Crippen LogP contribution >= 0.6 is 0 Å². The Labute approximate surface area is 79.4 Å². The maximum atomic E-state index is 11.1. The molecule has 74 valence electrons. The first-order valence-electron chi connectivity index (χ1n) is 4.22. The molecule has 0 saturated heterocycles. The zero-order valence-corrected chi connectivity index (χ0v) is 8.80. The molecule has 0 aromatic carbocycles. The number of ether oxygens (including phenoxy) is 1. The number of nitrogens with one attached hydrogen (secondary N) is 1. The second kappa shape index (κ2) is 4.30. The fraction of sp³-hybridized carbons (Fsp3) is 0.750. The van der Waals surface area contributed by atoms with Crippen molar-refractivity contribution in [1.82, 2.24) is 5.32 Å².